The molecule has 0 aliphatic rings. The molecule has 2 aromatic carbocycles. The van der Waals surface area contributed by atoms with Gasteiger partial charge in [-0.2, -0.15) is 0 Å². The summed E-state index contributed by atoms with van der Waals surface area (Å²) in [5.41, 5.74) is 5.21. The molecule has 0 saturated carbocycles. The Morgan fingerprint density at radius 2 is 1.95 bits per heavy atom. The minimum atomic E-state index is -0.989. The van der Waals surface area contributed by atoms with E-state index < -0.39 is 34.7 Å². The van der Waals surface area contributed by atoms with Crippen molar-refractivity contribution >= 4 is 52.2 Å². The molecule has 4 rings (SSSR count). The number of nitrogens with zero attached hydrogens (tertiary/aromatic N) is 4. The molecule has 0 atom stereocenters. The molecule has 2 aromatic heterocycles. The number of amides is 1. The predicted octanol–water partition coefficient (Wildman–Crippen LogP) is 2.81. The lowest BCUT2D eigenvalue weighted by atomic mass is 10.2. The third-order valence-corrected chi connectivity index (χ3v) is 7.76. The number of aryl methyl sites for hydroxylation is 1. The molecule has 13 nitrogen and oxygen atoms in total. The standard InChI is InChI=1S/C25H22N6O7S2/c1-14-13-39-25(27-14)40-18-9-8-16(31(36)37)10-17(18)23(34)38-12-19(32)29(2)20-21(26)30(24(35)28-22(20)33)11-15-6-4-3-5-7-15/h3-10,13H,11-12,26H2,1-2H3,(H,28,33,35). The molecule has 2 heterocycles. The van der Waals surface area contributed by atoms with E-state index in [0.717, 1.165) is 38.6 Å². The average molecular weight is 583 g/mol. The number of esters is 1. The third-order valence-electron chi connectivity index (χ3n) is 5.62. The van der Waals surface area contributed by atoms with E-state index in [-0.39, 0.29) is 29.3 Å². The maximum atomic E-state index is 13.0. The van der Waals surface area contributed by atoms with Gasteiger partial charge in [0.2, 0.25) is 0 Å². The summed E-state index contributed by atoms with van der Waals surface area (Å²) >= 11 is 2.46. The van der Waals surface area contributed by atoms with Crippen LogP contribution in [0.15, 0.2) is 72.7 Å². The summed E-state index contributed by atoms with van der Waals surface area (Å²) in [5, 5.41) is 13.1. The van der Waals surface area contributed by atoms with Crippen molar-refractivity contribution in [2.75, 3.05) is 24.3 Å². The van der Waals surface area contributed by atoms with Crippen molar-refractivity contribution in [1.82, 2.24) is 14.5 Å². The van der Waals surface area contributed by atoms with Crippen LogP contribution >= 0.6 is 23.1 Å². The Labute approximate surface area is 234 Å². The van der Waals surface area contributed by atoms with Gasteiger partial charge in [0.25, 0.3) is 17.2 Å². The van der Waals surface area contributed by atoms with Crippen molar-refractivity contribution in [2.45, 2.75) is 22.7 Å². The number of aromatic amines is 1. The first-order valence-corrected chi connectivity index (χ1v) is 13.2. The van der Waals surface area contributed by atoms with Crippen molar-refractivity contribution in [3.63, 3.8) is 0 Å². The van der Waals surface area contributed by atoms with Gasteiger partial charge in [-0.15, -0.1) is 11.3 Å². The molecule has 0 aliphatic carbocycles. The number of benzene rings is 2. The number of H-pyrrole nitrogens is 1. The van der Waals surface area contributed by atoms with E-state index in [1.807, 2.05) is 5.38 Å². The highest BCUT2D eigenvalue weighted by molar-refractivity contribution is 8.01. The monoisotopic (exact) mass is 582 g/mol. The number of thiazole rings is 1. The molecule has 15 heteroatoms. The first kappa shape index (κ1) is 28.3. The Morgan fingerprint density at radius 3 is 2.60 bits per heavy atom. The number of carbonyl (C=O) groups excluding carboxylic acids is 2. The van der Waals surface area contributed by atoms with Gasteiger partial charge in [-0.25, -0.2) is 14.6 Å². The maximum absolute atomic E-state index is 13.0. The van der Waals surface area contributed by atoms with E-state index in [4.69, 9.17) is 10.5 Å². The van der Waals surface area contributed by atoms with Crippen LogP contribution in [0, 0.1) is 17.0 Å². The van der Waals surface area contributed by atoms with E-state index in [2.05, 4.69) is 9.97 Å². The van der Waals surface area contributed by atoms with Crippen molar-refractivity contribution < 1.29 is 19.2 Å². The van der Waals surface area contributed by atoms with Crippen LogP contribution in [-0.4, -0.2) is 45.0 Å². The van der Waals surface area contributed by atoms with Crippen LogP contribution in [0.5, 0.6) is 0 Å². The third kappa shape index (κ3) is 6.27. The smallest absolute Gasteiger partial charge is 0.340 e. The summed E-state index contributed by atoms with van der Waals surface area (Å²) < 4.78 is 6.89. The predicted molar refractivity (Wildman–Crippen MR) is 149 cm³/mol. The highest BCUT2D eigenvalue weighted by atomic mass is 32.2. The van der Waals surface area contributed by atoms with Crippen LogP contribution in [0.2, 0.25) is 0 Å². The Kier molecular flexibility index (Phi) is 8.45. The summed E-state index contributed by atoms with van der Waals surface area (Å²) in [6.45, 7) is 1.03. The van der Waals surface area contributed by atoms with Crippen molar-refractivity contribution in [1.29, 1.82) is 0 Å². The van der Waals surface area contributed by atoms with E-state index in [1.54, 1.807) is 37.3 Å². The molecule has 0 unspecified atom stereocenters. The molecule has 0 radical (unpaired) electrons. The van der Waals surface area contributed by atoms with Gasteiger partial charge >= 0.3 is 11.7 Å². The number of nitrogens with two attached hydrogens (primary N) is 1. The van der Waals surface area contributed by atoms with E-state index >= 15 is 0 Å². The molecule has 0 fully saturated rings. The Hall–Kier alpha value is -4.76. The Morgan fingerprint density at radius 1 is 1.23 bits per heavy atom. The fourth-order valence-corrected chi connectivity index (χ4v) is 5.50. The molecule has 0 aliphatic heterocycles. The van der Waals surface area contributed by atoms with Crippen molar-refractivity contribution in [3.8, 4) is 0 Å². The number of carbonyl (C=O) groups is 2. The molecule has 4 aromatic rings. The van der Waals surface area contributed by atoms with Crippen LogP contribution in [-0.2, 0) is 16.1 Å². The summed E-state index contributed by atoms with van der Waals surface area (Å²) in [7, 11) is 1.24. The van der Waals surface area contributed by atoms with Gasteiger partial charge in [0.1, 0.15) is 5.82 Å². The van der Waals surface area contributed by atoms with Gasteiger partial charge in [-0.3, -0.25) is 29.3 Å². The molecule has 0 spiro atoms. The maximum Gasteiger partial charge on any atom is 0.340 e. The fraction of sp³-hybridized carbons (Fsp3) is 0.160. The summed E-state index contributed by atoms with van der Waals surface area (Å²) in [4.78, 5) is 69.2. The molecule has 3 N–H and O–H groups in total. The minimum Gasteiger partial charge on any atom is -0.452 e. The highest BCUT2D eigenvalue weighted by Crippen LogP contribution is 2.34. The normalized spacial score (nSPS) is 10.8. The molecule has 206 valence electrons. The number of nitro groups is 1. The fourth-order valence-electron chi connectivity index (χ4n) is 3.60. The van der Waals surface area contributed by atoms with Gasteiger partial charge < -0.3 is 15.4 Å². The number of nitrogens with one attached hydrogen (secondary N) is 1. The van der Waals surface area contributed by atoms with Gasteiger partial charge in [-0.1, -0.05) is 42.1 Å². The first-order valence-electron chi connectivity index (χ1n) is 11.5. The number of aromatic nitrogens is 3. The second kappa shape index (κ2) is 12.0. The van der Waals surface area contributed by atoms with Gasteiger partial charge in [0, 0.05) is 35.1 Å². The minimum absolute atomic E-state index is 0.0398. The number of rotatable bonds is 9. The average Bonchev–Trinajstić information content (AvgIpc) is 3.34. The zero-order valence-corrected chi connectivity index (χ0v) is 22.8. The number of anilines is 2. The lowest BCUT2D eigenvalue weighted by Crippen LogP contribution is -2.40. The topological polar surface area (TPSA) is 184 Å². The molecule has 0 bridgehead atoms. The quantitative estimate of drug-likeness (QED) is 0.169. The van der Waals surface area contributed by atoms with Crippen LogP contribution in [0.3, 0.4) is 0 Å². The number of nitro benzene ring substituents is 1. The largest absolute Gasteiger partial charge is 0.452 e. The molecule has 0 saturated heterocycles. The van der Waals surface area contributed by atoms with E-state index in [0.29, 0.717) is 9.24 Å². The van der Waals surface area contributed by atoms with E-state index in [9.17, 15) is 29.3 Å². The highest BCUT2D eigenvalue weighted by Gasteiger charge is 2.24. The Balaban J connectivity index is 1.54. The number of hydrogen-bond donors (Lipinski definition) is 2. The SMILES string of the molecule is Cc1csc(Sc2ccc([N+](=O)[O-])cc2C(=O)OCC(=O)N(C)c2c(N)n(Cc3ccccc3)c(=O)[nH]c2=O)n1. The molecule has 1 amide bonds. The summed E-state index contributed by atoms with van der Waals surface area (Å²) in [6.07, 6.45) is 0. The number of nitrogen functional groups attached to an aromatic ring is 1. The lowest BCUT2D eigenvalue weighted by molar-refractivity contribution is -0.384. The second-order valence-electron chi connectivity index (χ2n) is 8.39. The van der Waals surface area contributed by atoms with Crippen LogP contribution in [0.25, 0.3) is 0 Å². The van der Waals surface area contributed by atoms with Crippen LogP contribution < -0.4 is 21.9 Å². The zero-order chi connectivity index (χ0) is 29.0. The number of hydrogen-bond acceptors (Lipinski definition) is 11. The van der Waals surface area contributed by atoms with Crippen LogP contribution in [0.1, 0.15) is 21.6 Å². The second-order valence-corrected chi connectivity index (χ2v) is 10.5. The number of non-ortho nitro benzene ring substituents is 1. The Bertz CT molecular complexity index is 1710. The molecular formula is C25H22N6O7S2. The van der Waals surface area contributed by atoms with Gasteiger partial charge in [0.05, 0.1) is 17.0 Å². The number of ether oxygens (including phenoxy) is 1. The number of likely N-dealkylation sites (N-methyl/N-ethyl adjacent to an activating group) is 1. The van der Waals surface area contributed by atoms with Gasteiger partial charge in [0.15, 0.2) is 16.6 Å². The van der Waals surface area contributed by atoms with Gasteiger partial charge in [-0.05, 0) is 18.6 Å². The summed E-state index contributed by atoms with van der Waals surface area (Å²) in [6, 6.07) is 12.6. The van der Waals surface area contributed by atoms with Crippen molar-refractivity contribution in [3.05, 3.63) is 102 Å². The molecule has 40 heavy (non-hydrogen) atoms. The first-order chi connectivity index (χ1) is 19.0. The van der Waals surface area contributed by atoms with E-state index in [1.165, 1.54) is 30.5 Å². The van der Waals surface area contributed by atoms with Crippen molar-refractivity contribution in [2.24, 2.45) is 0 Å². The molecular weight excluding hydrogens is 560 g/mol. The zero-order valence-electron chi connectivity index (χ0n) is 21.2. The van der Waals surface area contributed by atoms with Crippen LogP contribution in [0.4, 0.5) is 17.2 Å². The summed E-state index contributed by atoms with van der Waals surface area (Å²) in [5.74, 6) is -2.07. The lowest BCUT2D eigenvalue weighted by Gasteiger charge is -2.20.